The summed E-state index contributed by atoms with van der Waals surface area (Å²) in [4.78, 5) is 12.7. The number of nitrogens with zero attached hydrogens (tertiary/aromatic N) is 5. The highest BCUT2D eigenvalue weighted by Crippen LogP contribution is 2.31. The minimum absolute atomic E-state index is 0.0172. The average molecular weight is 331 g/mol. The molecular weight excluding hydrogens is 315 g/mol. The SMILES string of the molecule is CN(Cc1cn(C)nc1C(=O)O)Cc1cn(C)nc1C(F)(F)F. The maximum atomic E-state index is 12.9. The molecule has 23 heavy (non-hydrogen) atoms. The third-order valence-corrected chi connectivity index (χ3v) is 3.16. The zero-order valence-corrected chi connectivity index (χ0v) is 12.8. The van der Waals surface area contributed by atoms with Gasteiger partial charge in [0.05, 0.1) is 0 Å². The van der Waals surface area contributed by atoms with Crippen LogP contribution in [0.4, 0.5) is 13.2 Å². The van der Waals surface area contributed by atoms with E-state index in [9.17, 15) is 18.0 Å². The van der Waals surface area contributed by atoms with E-state index in [1.165, 1.54) is 24.1 Å². The summed E-state index contributed by atoms with van der Waals surface area (Å²) < 4.78 is 41.2. The lowest BCUT2D eigenvalue weighted by Crippen LogP contribution is -2.20. The molecule has 0 bridgehead atoms. The van der Waals surface area contributed by atoms with E-state index in [1.54, 1.807) is 19.0 Å². The van der Waals surface area contributed by atoms with Crippen LogP contribution in [0.1, 0.15) is 27.3 Å². The third kappa shape index (κ3) is 3.89. The maximum absolute atomic E-state index is 12.9. The Morgan fingerprint density at radius 2 is 1.70 bits per heavy atom. The van der Waals surface area contributed by atoms with E-state index >= 15 is 0 Å². The molecule has 0 aliphatic heterocycles. The molecule has 2 aromatic rings. The molecule has 0 saturated heterocycles. The van der Waals surface area contributed by atoms with E-state index in [2.05, 4.69) is 10.2 Å². The summed E-state index contributed by atoms with van der Waals surface area (Å²) in [6, 6.07) is 0. The Bertz CT molecular complexity index is 720. The van der Waals surface area contributed by atoms with Gasteiger partial charge in [-0.3, -0.25) is 14.3 Å². The monoisotopic (exact) mass is 331 g/mol. The first-order chi connectivity index (χ1) is 10.6. The Labute approximate surface area is 129 Å². The van der Waals surface area contributed by atoms with Gasteiger partial charge in [0.15, 0.2) is 11.4 Å². The van der Waals surface area contributed by atoms with Crippen molar-refractivity contribution in [3.63, 3.8) is 0 Å². The summed E-state index contributed by atoms with van der Waals surface area (Å²) in [6.07, 6.45) is -1.69. The van der Waals surface area contributed by atoms with Crippen molar-refractivity contribution < 1.29 is 23.1 Å². The van der Waals surface area contributed by atoms with Crippen LogP contribution in [-0.4, -0.2) is 42.6 Å². The lowest BCUT2D eigenvalue weighted by Gasteiger charge is -2.16. The molecular formula is C13H16F3N5O2. The Kier molecular flexibility index (Phi) is 4.46. The second-order valence-electron chi connectivity index (χ2n) is 5.33. The van der Waals surface area contributed by atoms with Gasteiger partial charge in [0.25, 0.3) is 0 Å². The molecule has 7 nitrogen and oxygen atoms in total. The Balaban J connectivity index is 2.18. The average Bonchev–Trinajstić information content (AvgIpc) is 2.92. The zero-order chi connectivity index (χ0) is 17.4. The van der Waals surface area contributed by atoms with Gasteiger partial charge in [-0.05, 0) is 7.05 Å². The predicted molar refractivity (Wildman–Crippen MR) is 73.5 cm³/mol. The van der Waals surface area contributed by atoms with Gasteiger partial charge in [-0.2, -0.15) is 23.4 Å². The van der Waals surface area contributed by atoms with E-state index in [0.717, 1.165) is 4.68 Å². The predicted octanol–water partition coefficient (Wildman–Crippen LogP) is 1.50. The number of carboxylic acids is 1. The molecule has 0 aromatic carbocycles. The summed E-state index contributed by atoms with van der Waals surface area (Å²) >= 11 is 0. The molecule has 0 saturated carbocycles. The van der Waals surface area contributed by atoms with Crippen LogP contribution in [0.25, 0.3) is 0 Å². The van der Waals surface area contributed by atoms with Crippen molar-refractivity contribution in [2.24, 2.45) is 14.1 Å². The quantitative estimate of drug-likeness (QED) is 0.899. The molecule has 0 fully saturated rings. The number of hydrogen-bond acceptors (Lipinski definition) is 4. The first-order valence-electron chi connectivity index (χ1n) is 6.62. The summed E-state index contributed by atoms with van der Waals surface area (Å²) in [5.41, 5.74) is -0.582. The molecule has 0 spiro atoms. The van der Waals surface area contributed by atoms with Crippen LogP contribution >= 0.6 is 0 Å². The van der Waals surface area contributed by atoms with Gasteiger partial charge in [0, 0.05) is 50.7 Å². The van der Waals surface area contributed by atoms with Gasteiger partial charge >= 0.3 is 12.1 Å². The Hall–Kier alpha value is -2.36. The fourth-order valence-corrected chi connectivity index (χ4v) is 2.36. The van der Waals surface area contributed by atoms with Crippen molar-refractivity contribution in [2.45, 2.75) is 19.3 Å². The second kappa shape index (κ2) is 6.03. The van der Waals surface area contributed by atoms with E-state index in [-0.39, 0.29) is 24.3 Å². The fourth-order valence-electron chi connectivity index (χ4n) is 2.36. The Morgan fingerprint density at radius 1 is 1.17 bits per heavy atom. The van der Waals surface area contributed by atoms with Gasteiger partial charge in [-0.15, -0.1) is 0 Å². The molecule has 2 heterocycles. The largest absolute Gasteiger partial charge is 0.476 e. The smallest absolute Gasteiger partial charge is 0.435 e. The number of aryl methyl sites for hydroxylation is 2. The van der Waals surface area contributed by atoms with Crippen molar-refractivity contribution in [3.8, 4) is 0 Å². The molecule has 2 rings (SSSR count). The molecule has 0 amide bonds. The number of alkyl halides is 3. The minimum atomic E-state index is -4.53. The van der Waals surface area contributed by atoms with E-state index in [4.69, 9.17) is 5.11 Å². The normalized spacial score (nSPS) is 12.1. The topological polar surface area (TPSA) is 76.2 Å². The van der Waals surface area contributed by atoms with Crippen molar-refractivity contribution in [1.82, 2.24) is 24.5 Å². The van der Waals surface area contributed by atoms with E-state index in [1.807, 2.05) is 0 Å². The molecule has 10 heteroatoms. The van der Waals surface area contributed by atoms with Crippen molar-refractivity contribution >= 4 is 5.97 Å². The fraction of sp³-hybridized carbons (Fsp3) is 0.462. The standard InChI is InChI=1S/C13H16F3N5O2/c1-19(4-8-6-20(2)17-10(8)12(22)23)5-9-7-21(3)18-11(9)13(14,15)16/h6-7H,4-5H2,1-3H3,(H,22,23). The van der Waals surface area contributed by atoms with Crippen LogP contribution in [-0.2, 0) is 33.4 Å². The van der Waals surface area contributed by atoms with Crippen LogP contribution in [0, 0.1) is 0 Å². The van der Waals surface area contributed by atoms with Crippen molar-refractivity contribution in [2.75, 3.05) is 7.05 Å². The molecule has 0 aliphatic rings. The lowest BCUT2D eigenvalue weighted by molar-refractivity contribution is -0.142. The number of hydrogen-bond donors (Lipinski definition) is 1. The summed E-state index contributed by atoms with van der Waals surface area (Å²) in [6.45, 7) is 0.137. The molecule has 0 unspecified atom stereocenters. The van der Waals surface area contributed by atoms with Crippen molar-refractivity contribution in [1.29, 1.82) is 0 Å². The number of carboxylic acid groups (broad SMARTS) is 1. The number of rotatable bonds is 5. The lowest BCUT2D eigenvalue weighted by atomic mass is 10.2. The van der Waals surface area contributed by atoms with Crippen LogP contribution in [0.15, 0.2) is 12.4 Å². The number of aromatic nitrogens is 4. The highest BCUT2D eigenvalue weighted by molar-refractivity contribution is 5.86. The number of carbonyl (C=O) groups is 1. The van der Waals surface area contributed by atoms with E-state index in [0.29, 0.717) is 5.56 Å². The second-order valence-corrected chi connectivity index (χ2v) is 5.33. The summed E-state index contributed by atoms with van der Waals surface area (Å²) in [5.74, 6) is -1.17. The number of halogens is 3. The molecule has 0 aliphatic carbocycles. The summed E-state index contributed by atoms with van der Waals surface area (Å²) in [5, 5.41) is 16.4. The van der Waals surface area contributed by atoms with Crippen LogP contribution < -0.4 is 0 Å². The van der Waals surface area contributed by atoms with Crippen LogP contribution in [0.3, 0.4) is 0 Å². The van der Waals surface area contributed by atoms with Gasteiger partial charge in [-0.1, -0.05) is 0 Å². The van der Waals surface area contributed by atoms with Crippen molar-refractivity contribution in [3.05, 3.63) is 34.9 Å². The summed E-state index contributed by atoms with van der Waals surface area (Å²) in [7, 11) is 4.60. The van der Waals surface area contributed by atoms with Gasteiger partial charge in [-0.25, -0.2) is 4.79 Å². The van der Waals surface area contributed by atoms with Gasteiger partial charge in [0.2, 0.25) is 0 Å². The molecule has 0 radical (unpaired) electrons. The minimum Gasteiger partial charge on any atom is -0.476 e. The highest BCUT2D eigenvalue weighted by Gasteiger charge is 2.37. The van der Waals surface area contributed by atoms with Gasteiger partial charge < -0.3 is 5.11 Å². The Morgan fingerprint density at radius 3 is 2.26 bits per heavy atom. The first kappa shape index (κ1) is 17.0. The molecule has 2 aromatic heterocycles. The maximum Gasteiger partial charge on any atom is 0.435 e. The molecule has 126 valence electrons. The first-order valence-corrected chi connectivity index (χ1v) is 6.62. The molecule has 1 N–H and O–H groups in total. The third-order valence-electron chi connectivity index (χ3n) is 3.16. The van der Waals surface area contributed by atoms with Gasteiger partial charge in [0.1, 0.15) is 0 Å². The van der Waals surface area contributed by atoms with Crippen LogP contribution in [0.2, 0.25) is 0 Å². The zero-order valence-electron chi connectivity index (χ0n) is 12.8. The number of aromatic carboxylic acids is 1. The molecule has 0 atom stereocenters. The van der Waals surface area contributed by atoms with Crippen LogP contribution in [0.5, 0.6) is 0 Å². The highest BCUT2D eigenvalue weighted by atomic mass is 19.4. The van der Waals surface area contributed by atoms with E-state index < -0.39 is 17.8 Å².